The number of unbranched alkanes of at least 4 members (excludes halogenated alkanes) is 1. The van der Waals surface area contributed by atoms with Gasteiger partial charge in [-0.15, -0.1) is 11.6 Å². The lowest BCUT2D eigenvalue weighted by Gasteiger charge is -2.07. The third kappa shape index (κ3) is 4.77. The molecule has 0 aliphatic rings. The Labute approximate surface area is 152 Å². The van der Waals surface area contributed by atoms with E-state index in [2.05, 4.69) is 10.3 Å². The average molecular weight is 357 g/mol. The Morgan fingerprint density at radius 1 is 1.12 bits per heavy atom. The fraction of sp³-hybridized carbons (Fsp3) is 0.250. The van der Waals surface area contributed by atoms with Gasteiger partial charge in [-0.25, -0.2) is 4.79 Å². The smallest absolute Gasteiger partial charge is 0.410 e. The number of aromatic amines is 1. The van der Waals surface area contributed by atoms with Crippen LogP contribution in [0, 0.1) is 0 Å². The summed E-state index contributed by atoms with van der Waals surface area (Å²) in [5, 5.41) is 3.85. The predicted molar refractivity (Wildman–Crippen MR) is 101 cm³/mol. The number of carbonyl (C=O) groups is 1. The maximum absolute atomic E-state index is 12.0. The molecule has 0 saturated heterocycles. The van der Waals surface area contributed by atoms with Gasteiger partial charge in [0.1, 0.15) is 5.75 Å². The van der Waals surface area contributed by atoms with E-state index in [9.17, 15) is 4.79 Å². The Bertz CT molecular complexity index is 830. The second-order valence-electron chi connectivity index (χ2n) is 5.90. The van der Waals surface area contributed by atoms with Gasteiger partial charge >= 0.3 is 6.09 Å². The Morgan fingerprint density at radius 3 is 2.76 bits per heavy atom. The van der Waals surface area contributed by atoms with Crippen LogP contribution in [0.25, 0.3) is 10.9 Å². The van der Waals surface area contributed by atoms with Crippen molar-refractivity contribution in [2.24, 2.45) is 0 Å². The van der Waals surface area contributed by atoms with Gasteiger partial charge in [0.2, 0.25) is 0 Å². The fourth-order valence-electron chi connectivity index (χ4n) is 2.75. The number of H-pyrrole nitrogens is 1. The molecule has 3 rings (SSSR count). The first-order valence-corrected chi connectivity index (χ1v) is 8.95. The number of hydrogen-bond acceptors (Lipinski definition) is 2. The number of amides is 1. The number of carbonyl (C=O) groups excluding carboxylic acids is 1. The van der Waals surface area contributed by atoms with Crippen molar-refractivity contribution in [2.45, 2.75) is 25.8 Å². The van der Waals surface area contributed by atoms with Crippen molar-refractivity contribution in [1.82, 2.24) is 10.3 Å². The van der Waals surface area contributed by atoms with Crippen LogP contribution >= 0.6 is 11.6 Å². The van der Waals surface area contributed by atoms with E-state index < -0.39 is 6.09 Å². The number of ether oxygens (including phenoxy) is 1. The highest BCUT2D eigenvalue weighted by Gasteiger charge is 2.08. The molecular weight excluding hydrogens is 336 g/mol. The zero-order valence-corrected chi connectivity index (χ0v) is 14.7. The summed E-state index contributed by atoms with van der Waals surface area (Å²) in [6.45, 7) is 0.440. The van der Waals surface area contributed by atoms with Gasteiger partial charge in [0.05, 0.1) is 0 Å². The first kappa shape index (κ1) is 17.4. The number of halogens is 1. The van der Waals surface area contributed by atoms with Crippen LogP contribution in [0.5, 0.6) is 5.75 Å². The van der Waals surface area contributed by atoms with Gasteiger partial charge in [-0.3, -0.25) is 0 Å². The first-order chi connectivity index (χ1) is 12.3. The maximum Gasteiger partial charge on any atom is 0.412 e. The Morgan fingerprint density at radius 2 is 1.96 bits per heavy atom. The van der Waals surface area contributed by atoms with Crippen LogP contribution in [-0.2, 0) is 13.0 Å². The van der Waals surface area contributed by atoms with Crippen LogP contribution in [0.3, 0.4) is 0 Å². The molecule has 1 amide bonds. The minimum atomic E-state index is -0.456. The lowest BCUT2D eigenvalue weighted by molar-refractivity contribution is 0.200. The zero-order valence-electron chi connectivity index (χ0n) is 13.9. The summed E-state index contributed by atoms with van der Waals surface area (Å²) < 4.78 is 5.41. The standard InChI is InChI=1S/C20H21ClN2O2/c21-11-5-4-8-16-14-22-19-10-9-17(12-18(16)19)25-20(24)23-13-15-6-2-1-3-7-15/h1-3,6-7,9-10,12,14,22H,4-5,8,11,13H2,(H,23,24). The van der Waals surface area contributed by atoms with E-state index in [1.807, 2.05) is 48.7 Å². The molecule has 0 aliphatic carbocycles. The van der Waals surface area contributed by atoms with E-state index in [4.69, 9.17) is 16.3 Å². The highest BCUT2D eigenvalue weighted by Crippen LogP contribution is 2.25. The fourth-order valence-corrected chi connectivity index (χ4v) is 2.94. The van der Waals surface area contributed by atoms with E-state index in [0.29, 0.717) is 18.2 Å². The van der Waals surface area contributed by atoms with E-state index in [1.54, 1.807) is 6.07 Å². The molecule has 2 aromatic carbocycles. The van der Waals surface area contributed by atoms with Crippen molar-refractivity contribution in [1.29, 1.82) is 0 Å². The third-order valence-corrected chi connectivity index (χ3v) is 4.33. The normalized spacial score (nSPS) is 10.8. The molecule has 0 atom stereocenters. The van der Waals surface area contributed by atoms with Crippen LogP contribution in [0.1, 0.15) is 24.0 Å². The van der Waals surface area contributed by atoms with Crippen LogP contribution < -0.4 is 10.1 Å². The maximum atomic E-state index is 12.0. The molecule has 0 fully saturated rings. The number of rotatable bonds is 7. The van der Waals surface area contributed by atoms with Gasteiger partial charge < -0.3 is 15.0 Å². The number of hydrogen-bond donors (Lipinski definition) is 2. The number of benzene rings is 2. The minimum Gasteiger partial charge on any atom is -0.410 e. The molecule has 25 heavy (non-hydrogen) atoms. The molecule has 0 unspecified atom stereocenters. The Kier molecular flexibility index (Phi) is 5.96. The number of aromatic nitrogens is 1. The van der Waals surface area contributed by atoms with Gasteiger partial charge in [-0.05, 0) is 48.6 Å². The molecule has 0 aliphatic heterocycles. The highest BCUT2D eigenvalue weighted by molar-refractivity contribution is 6.17. The molecule has 0 spiro atoms. The topological polar surface area (TPSA) is 54.1 Å². The van der Waals surface area contributed by atoms with Crippen molar-refractivity contribution in [3.05, 3.63) is 65.9 Å². The Hall–Kier alpha value is -2.46. The van der Waals surface area contributed by atoms with Gasteiger partial charge in [0.15, 0.2) is 0 Å². The molecule has 0 saturated carbocycles. The van der Waals surface area contributed by atoms with Crippen molar-refractivity contribution in [3.63, 3.8) is 0 Å². The summed E-state index contributed by atoms with van der Waals surface area (Å²) in [6.07, 6.45) is 4.54. The van der Waals surface area contributed by atoms with Crippen molar-refractivity contribution >= 4 is 28.6 Å². The summed E-state index contributed by atoms with van der Waals surface area (Å²) in [7, 11) is 0. The lowest BCUT2D eigenvalue weighted by Crippen LogP contribution is -2.26. The number of alkyl halides is 1. The monoisotopic (exact) mass is 356 g/mol. The molecule has 0 bridgehead atoms. The van der Waals surface area contributed by atoms with Crippen molar-refractivity contribution in [3.8, 4) is 5.75 Å². The largest absolute Gasteiger partial charge is 0.412 e. The quantitative estimate of drug-likeness (QED) is 0.461. The van der Waals surface area contributed by atoms with Crippen LogP contribution in [0.4, 0.5) is 4.79 Å². The molecular formula is C20H21ClN2O2. The summed E-state index contributed by atoms with van der Waals surface area (Å²) in [6, 6.07) is 15.4. The number of aryl methyl sites for hydroxylation is 1. The summed E-state index contributed by atoms with van der Waals surface area (Å²) in [5.41, 5.74) is 3.29. The summed E-state index contributed by atoms with van der Waals surface area (Å²) in [5.74, 6) is 1.22. The van der Waals surface area contributed by atoms with E-state index in [1.165, 1.54) is 5.56 Å². The highest BCUT2D eigenvalue weighted by atomic mass is 35.5. The van der Waals surface area contributed by atoms with Gasteiger partial charge in [0, 0.05) is 29.5 Å². The van der Waals surface area contributed by atoms with Crippen LogP contribution in [-0.4, -0.2) is 17.0 Å². The SMILES string of the molecule is O=C(NCc1ccccc1)Oc1ccc2[nH]cc(CCCCCl)c2c1. The van der Waals surface area contributed by atoms with Gasteiger partial charge in [0.25, 0.3) is 0 Å². The lowest BCUT2D eigenvalue weighted by atomic mass is 10.1. The first-order valence-electron chi connectivity index (χ1n) is 8.42. The molecule has 2 N–H and O–H groups in total. The molecule has 0 radical (unpaired) electrons. The van der Waals surface area contributed by atoms with E-state index in [0.717, 1.165) is 35.7 Å². The second-order valence-corrected chi connectivity index (χ2v) is 6.27. The van der Waals surface area contributed by atoms with Crippen LogP contribution in [0.2, 0.25) is 0 Å². The number of nitrogens with one attached hydrogen (secondary N) is 2. The summed E-state index contributed by atoms with van der Waals surface area (Å²) in [4.78, 5) is 15.3. The number of fused-ring (bicyclic) bond motifs is 1. The molecule has 1 aromatic heterocycles. The average Bonchev–Trinajstić information content (AvgIpc) is 3.04. The van der Waals surface area contributed by atoms with Crippen molar-refractivity contribution in [2.75, 3.05) is 5.88 Å². The van der Waals surface area contributed by atoms with E-state index >= 15 is 0 Å². The minimum absolute atomic E-state index is 0.440. The zero-order chi connectivity index (χ0) is 17.5. The molecule has 5 heteroatoms. The Balaban J connectivity index is 1.62. The third-order valence-electron chi connectivity index (χ3n) is 4.06. The molecule has 4 nitrogen and oxygen atoms in total. The second kappa shape index (κ2) is 8.58. The molecule has 3 aromatic rings. The molecule has 1 heterocycles. The summed E-state index contributed by atoms with van der Waals surface area (Å²) >= 11 is 5.74. The van der Waals surface area contributed by atoms with Gasteiger partial charge in [-0.2, -0.15) is 0 Å². The van der Waals surface area contributed by atoms with Crippen LogP contribution in [0.15, 0.2) is 54.7 Å². The molecule has 130 valence electrons. The predicted octanol–water partition coefficient (Wildman–Crippen LogP) is 5.02. The van der Waals surface area contributed by atoms with Crippen molar-refractivity contribution < 1.29 is 9.53 Å². The van der Waals surface area contributed by atoms with Gasteiger partial charge in [-0.1, -0.05) is 30.3 Å². The van der Waals surface area contributed by atoms with E-state index in [-0.39, 0.29) is 0 Å².